The Kier molecular flexibility index (Phi) is 3.41. The predicted molar refractivity (Wildman–Crippen MR) is 62.2 cm³/mol. The van der Waals surface area contributed by atoms with E-state index in [0.29, 0.717) is 0 Å². The quantitative estimate of drug-likeness (QED) is 0.819. The molecule has 1 fully saturated rings. The van der Waals surface area contributed by atoms with E-state index in [9.17, 15) is 9.59 Å². The summed E-state index contributed by atoms with van der Waals surface area (Å²) in [7, 11) is 0. The minimum atomic E-state index is -1.06. The number of carboxylic acid groups (broad SMARTS) is 1. The average Bonchev–Trinajstić information content (AvgIpc) is 2.32. The van der Waals surface area contributed by atoms with Gasteiger partial charge in [0.05, 0.1) is 11.9 Å². The van der Waals surface area contributed by atoms with Crippen LogP contribution in [0.3, 0.4) is 0 Å². The molecule has 6 heteroatoms. The Morgan fingerprint density at radius 1 is 1.35 bits per heavy atom. The Morgan fingerprint density at radius 2 is 2.06 bits per heavy atom. The molecule has 17 heavy (non-hydrogen) atoms. The summed E-state index contributed by atoms with van der Waals surface area (Å²) in [5.41, 5.74) is 0.423. The first-order chi connectivity index (χ1) is 8.16. The highest BCUT2D eigenvalue weighted by atomic mass is 16.4. The van der Waals surface area contributed by atoms with Crippen LogP contribution in [0.1, 0.15) is 19.3 Å². The van der Waals surface area contributed by atoms with E-state index in [1.165, 1.54) is 12.5 Å². The molecule has 0 unspecified atom stereocenters. The van der Waals surface area contributed by atoms with Crippen molar-refractivity contribution in [2.45, 2.75) is 25.8 Å². The van der Waals surface area contributed by atoms with Crippen LogP contribution < -0.4 is 10.5 Å². The van der Waals surface area contributed by atoms with Gasteiger partial charge in [-0.2, -0.15) is 5.10 Å². The number of rotatable bonds is 3. The summed E-state index contributed by atoms with van der Waals surface area (Å²) in [6.07, 6.45) is 5.03. The van der Waals surface area contributed by atoms with Crippen LogP contribution in [-0.4, -0.2) is 33.9 Å². The number of hydrogen-bond acceptors (Lipinski definition) is 4. The van der Waals surface area contributed by atoms with Gasteiger partial charge in [-0.05, 0) is 19.3 Å². The number of hydrogen-bond donors (Lipinski definition) is 1. The number of nitrogens with zero attached hydrogens (tertiary/aromatic N) is 3. The number of carbonyl (C=O) groups is 1. The van der Waals surface area contributed by atoms with Gasteiger partial charge in [-0.25, -0.2) is 4.68 Å². The molecule has 1 saturated heterocycles. The van der Waals surface area contributed by atoms with Crippen molar-refractivity contribution in [3.8, 4) is 0 Å². The minimum Gasteiger partial charge on any atom is -0.480 e. The third-order valence-corrected chi connectivity index (χ3v) is 2.86. The maximum Gasteiger partial charge on any atom is 0.325 e. The monoisotopic (exact) mass is 237 g/mol. The van der Waals surface area contributed by atoms with Crippen LogP contribution in [0.25, 0.3) is 0 Å². The van der Waals surface area contributed by atoms with Crippen molar-refractivity contribution < 1.29 is 9.90 Å². The Balaban J connectivity index is 2.18. The molecule has 92 valence electrons. The zero-order valence-electron chi connectivity index (χ0n) is 9.50. The SMILES string of the molecule is O=C(O)Cn1ncc(N2CCCCC2)cc1=O. The van der Waals surface area contributed by atoms with Crippen LogP contribution in [0.2, 0.25) is 0 Å². The molecule has 1 aromatic heterocycles. The molecule has 1 N–H and O–H groups in total. The molecule has 2 heterocycles. The van der Waals surface area contributed by atoms with Crippen molar-refractivity contribution in [2.24, 2.45) is 0 Å². The standard InChI is InChI=1S/C11H15N3O3/c15-10-6-9(13-4-2-1-3-5-13)7-12-14(10)8-11(16)17/h6-7H,1-5,8H2,(H,16,17). The molecule has 1 aliphatic heterocycles. The molecular weight excluding hydrogens is 222 g/mol. The summed E-state index contributed by atoms with van der Waals surface area (Å²) >= 11 is 0. The maximum absolute atomic E-state index is 11.6. The second kappa shape index (κ2) is 4.99. The molecule has 2 rings (SSSR count). The fourth-order valence-electron chi connectivity index (χ4n) is 2.00. The van der Waals surface area contributed by atoms with E-state index in [1.54, 1.807) is 6.20 Å². The zero-order valence-corrected chi connectivity index (χ0v) is 9.50. The largest absolute Gasteiger partial charge is 0.480 e. The fourth-order valence-corrected chi connectivity index (χ4v) is 2.00. The maximum atomic E-state index is 11.6. The lowest BCUT2D eigenvalue weighted by atomic mass is 10.1. The minimum absolute atomic E-state index is 0.365. The third kappa shape index (κ3) is 2.83. The van der Waals surface area contributed by atoms with Crippen LogP contribution in [0, 0.1) is 0 Å². The number of piperidine rings is 1. The second-order valence-corrected chi connectivity index (χ2v) is 4.15. The number of aromatic nitrogens is 2. The highest BCUT2D eigenvalue weighted by Gasteiger charge is 2.12. The molecule has 0 bridgehead atoms. The average molecular weight is 237 g/mol. The van der Waals surface area contributed by atoms with Gasteiger partial charge < -0.3 is 10.0 Å². The van der Waals surface area contributed by atoms with E-state index in [2.05, 4.69) is 10.00 Å². The van der Waals surface area contributed by atoms with Crippen molar-refractivity contribution >= 4 is 11.7 Å². The van der Waals surface area contributed by atoms with Gasteiger partial charge in [-0.15, -0.1) is 0 Å². The van der Waals surface area contributed by atoms with Gasteiger partial charge in [0, 0.05) is 19.2 Å². The van der Waals surface area contributed by atoms with Gasteiger partial charge >= 0.3 is 5.97 Å². The van der Waals surface area contributed by atoms with Gasteiger partial charge in [0.2, 0.25) is 0 Å². The lowest BCUT2D eigenvalue weighted by molar-refractivity contribution is -0.138. The van der Waals surface area contributed by atoms with Crippen molar-refractivity contribution in [1.82, 2.24) is 9.78 Å². The molecule has 0 atom stereocenters. The van der Waals surface area contributed by atoms with E-state index >= 15 is 0 Å². The van der Waals surface area contributed by atoms with E-state index in [-0.39, 0.29) is 12.1 Å². The zero-order chi connectivity index (χ0) is 12.3. The topological polar surface area (TPSA) is 75.4 Å². The first-order valence-electron chi connectivity index (χ1n) is 5.71. The highest BCUT2D eigenvalue weighted by molar-refractivity contribution is 5.66. The third-order valence-electron chi connectivity index (χ3n) is 2.86. The van der Waals surface area contributed by atoms with Gasteiger partial charge in [0.1, 0.15) is 6.54 Å². The first kappa shape index (κ1) is 11.6. The molecule has 6 nitrogen and oxygen atoms in total. The van der Waals surface area contributed by atoms with Crippen LogP contribution in [-0.2, 0) is 11.3 Å². The smallest absolute Gasteiger partial charge is 0.325 e. The Bertz CT molecular complexity index is 463. The summed E-state index contributed by atoms with van der Waals surface area (Å²) in [6, 6.07) is 1.46. The summed E-state index contributed by atoms with van der Waals surface area (Å²) in [5.74, 6) is -1.06. The Labute approximate surface area is 98.5 Å². The Hall–Kier alpha value is -1.85. The van der Waals surface area contributed by atoms with Crippen LogP contribution >= 0.6 is 0 Å². The molecule has 0 saturated carbocycles. The van der Waals surface area contributed by atoms with E-state index in [0.717, 1.165) is 36.3 Å². The highest BCUT2D eigenvalue weighted by Crippen LogP contribution is 2.16. The number of carboxylic acids is 1. The number of aliphatic carboxylic acids is 1. The van der Waals surface area contributed by atoms with Crippen LogP contribution in [0.15, 0.2) is 17.1 Å². The summed E-state index contributed by atoms with van der Waals surface area (Å²) < 4.78 is 0.954. The molecule has 0 aromatic carbocycles. The molecule has 0 aliphatic carbocycles. The van der Waals surface area contributed by atoms with Crippen molar-refractivity contribution in [3.63, 3.8) is 0 Å². The van der Waals surface area contributed by atoms with Crippen LogP contribution in [0.4, 0.5) is 5.69 Å². The summed E-state index contributed by atoms with van der Waals surface area (Å²) in [5, 5.41) is 12.5. The van der Waals surface area contributed by atoms with Gasteiger partial charge in [0.15, 0.2) is 0 Å². The van der Waals surface area contributed by atoms with Crippen molar-refractivity contribution in [3.05, 3.63) is 22.6 Å². The summed E-state index contributed by atoms with van der Waals surface area (Å²) in [6.45, 7) is 1.48. The van der Waals surface area contributed by atoms with E-state index < -0.39 is 5.97 Å². The molecule has 0 radical (unpaired) electrons. The first-order valence-corrected chi connectivity index (χ1v) is 5.71. The second-order valence-electron chi connectivity index (χ2n) is 4.15. The molecular formula is C11H15N3O3. The van der Waals surface area contributed by atoms with Crippen molar-refractivity contribution in [1.29, 1.82) is 0 Å². The van der Waals surface area contributed by atoms with Gasteiger partial charge in [-0.1, -0.05) is 0 Å². The van der Waals surface area contributed by atoms with Gasteiger partial charge in [0.25, 0.3) is 5.56 Å². The molecule has 1 aliphatic rings. The van der Waals surface area contributed by atoms with Crippen molar-refractivity contribution in [2.75, 3.05) is 18.0 Å². The van der Waals surface area contributed by atoms with Gasteiger partial charge in [-0.3, -0.25) is 9.59 Å². The lowest BCUT2D eigenvalue weighted by Crippen LogP contribution is -2.32. The lowest BCUT2D eigenvalue weighted by Gasteiger charge is -2.28. The molecule has 0 spiro atoms. The van der Waals surface area contributed by atoms with E-state index in [4.69, 9.17) is 5.11 Å². The van der Waals surface area contributed by atoms with E-state index in [1.807, 2.05) is 0 Å². The number of anilines is 1. The fraction of sp³-hybridized carbons (Fsp3) is 0.545. The molecule has 0 amide bonds. The predicted octanol–water partition coefficient (Wildman–Crippen LogP) is 0.318. The normalized spacial score (nSPS) is 15.9. The molecule has 1 aromatic rings. The summed E-state index contributed by atoms with van der Waals surface area (Å²) in [4.78, 5) is 24.2. The van der Waals surface area contributed by atoms with Crippen LogP contribution in [0.5, 0.6) is 0 Å². The Morgan fingerprint density at radius 3 is 2.65 bits per heavy atom.